The molecule has 0 unspecified atom stereocenters. The van der Waals surface area contributed by atoms with Crippen molar-refractivity contribution >= 4 is 6.09 Å². The van der Waals surface area contributed by atoms with Gasteiger partial charge in [0.25, 0.3) is 5.92 Å². The Balaban J connectivity index is 4.07. The maximum absolute atomic E-state index is 13.0. The molecule has 0 aliphatic carbocycles. The summed E-state index contributed by atoms with van der Waals surface area (Å²) in [6, 6.07) is 0. The van der Waals surface area contributed by atoms with Crippen molar-refractivity contribution in [2.75, 3.05) is 6.54 Å². The summed E-state index contributed by atoms with van der Waals surface area (Å²) in [5.41, 5.74) is -0.985. The van der Waals surface area contributed by atoms with E-state index < -0.39 is 24.2 Å². The first-order valence-corrected chi connectivity index (χ1v) is 4.55. The Morgan fingerprint density at radius 3 is 2.20 bits per heavy atom. The lowest BCUT2D eigenvalue weighted by Crippen LogP contribution is -2.40. The second-order valence-electron chi connectivity index (χ2n) is 4.34. The molecule has 15 heavy (non-hydrogen) atoms. The van der Waals surface area contributed by atoms with Gasteiger partial charge >= 0.3 is 6.09 Å². The van der Waals surface area contributed by atoms with Crippen molar-refractivity contribution in [3.63, 3.8) is 0 Å². The number of carbonyl (C=O) groups excluding carboxylic acids is 1. The number of carbonyl (C=O) groups is 1. The molecule has 0 rings (SSSR count). The molecular formula is C10H17F2NO2. The molecule has 0 spiro atoms. The van der Waals surface area contributed by atoms with Crippen LogP contribution in [0.2, 0.25) is 0 Å². The van der Waals surface area contributed by atoms with Crippen LogP contribution in [-0.2, 0) is 4.74 Å². The molecule has 0 atom stereocenters. The van der Waals surface area contributed by atoms with Crippen molar-refractivity contribution in [3.8, 4) is 0 Å². The Hall–Kier alpha value is -1.13. The number of alkyl halides is 2. The molecule has 1 amide bonds. The van der Waals surface area contributed by atoms with Crippen LogP contribution in [0.5, 0.6) is 0 Å². The highest BCUT2D eigenvalue weighted by molar-refractivity contribution is 5.67. The molecule has 0 bridgehead atoms. The van der Waals surface area contributed by atoms with Crippen LogP contribution in [0.1, 0.15) is 27.7 Å². The zero-order chi connectivity index (χ0) is 12.3. The van der Waals surface area contributed by atoms with Gasteiger partial charge in [-0.1, -0.05) is 6.58 Å². The van der Waals surface area contributed by atoms with Crippen LogP contribution in [0.4, 0.5) is 13.6 Å². The van der Waals surface area contributed by atoms with E-state index in [1.807, 2.05) is 5.32 Å². The number of alkyl carbamates (subject to hydrolysis) is 1. The minimum absolute atomic E-state index is 0.293. The van der Waals surface area contributed by atoms with Gasteiger partial charge in [0.2, 0.25) is 0 Å². The number of halogens is 2. The average molecular weight is 221 g/mol. The van der Waals surface area contributed by atoms with Crippen LogP contribution in [0, 0.1) is 0 Å². The van der Waals surface area contributed by atoms with E-state index >= 15 is 0 Å². The minimum Gasteiger partial charge on any atom is -0.444 e. The molecule has 0 aliphatic heterocycles. The summed E-state index contributed by atoms with van der Waals surface area (Å²) in [7, 11) is 0. The van der Waals surface area contributed by atoms with Gasteiger partial charge in [0, 0.05) is 0 Å². The fourth-order valence-corrected chi connectivity index (χ4v) is 0.648. The molecule has 0 fully saturated rings. The maximum atomic E-state index is 13.0. The van der Waals surface area contributed by atoms with E-state index in [1.165, 1.54) is 6.92 Å². The fraction of sp³-hybridized carbons (Fsp3) is 0.700. The largest absolute Gasteiger partial charge is 0.444 e. The molecule has 0 radical (unpaired) electrons. The van der Waals surface area contributed by atoms with E-state index in [9.17, 15) is 13.6 Å². The molecule has 0 saturated heterocycles. The van der Waals surface area contributed by atoms with E-state index in [0.29, 0.717) is 0 Å². The van der Waals surface area contributed by atoms with Crippen molar-refractivity contribution in [2.24, 2.45) is 0 Å². The molecule has 1 N–H and O–H groups in total. The van der Waals surface area contributed by atoms with Crippen LogP contribution < -0.4 is 5.32 Å². The standard InChI is InChI=1S/C10H17F2NO2/c1-7(2)10(11,12)6-13-8(14)15-9(3,4)5/h1,6H2,2-5H3,(H,13,14). The quantitative estimate of drug-likeness (QED) is 0.744. The van der Waals surface area contributed by atoms with E-state index in [0.717, 1.165) is 0 Å². The third-order valence-electron chi connectivity index (χ3n) is 1.48. The number of rotatable bonds is 3. The van der Waals surface area contributed by atoms with Crippen molar-refractivity contribution in [1.29, 1.82) is 0 Å². The summed E-state index contributed by atoms with van der Waals surface area (Å²) in [6.45, 7) is 8.52. The van der Waals surface area contributed by atoms with Crippen molar-refractivity contribution < 1.29 is 18.3 Å². The lowest BCUT2D eigenvalue weighted by atomic mass is 10.2. The first-order chi connectivity index (χ1) is 6.54. The van der Waals surface area contributed by atoms with Crippen LogP contribution in [0.25, 0.3) is 0 Å². The fourth-order valence-electron chi connectivity index (χ4n) is 0.648. The number of ether oxygens (including phenoxy) is 1. The van der Waals surface area contributed by atoms with Gasteiger partial charge < -0.3 is 10.1 Å². The monoisotopic (exact) mass is 221 g/mol. The van der Waals surface area contributed by atoms with Gasteiger partial charge in [-0.25, -0.2) is 4.79 Å². The highest BCUT2D eigenvalue weighted by atomic mass is 19.3. The molecule has 0 saturated carbocycles. The molecule has 0 aromatic carbocycles. The lowest BCUT2D eigenvalue weighted by molar-refractivity contribution is 0.0243. The van der Waals surface area contributed by atoms with E-state index in [4.69, 9.17) is 4.74 Å². The smallest absolute Gasteiger partial charge is 0.407 e. The highest BCUT2D eigenvalue weighted by Crippen LogP contribution is 2.20. The summed E-state index contributed by atoms with van der Waals surface area (Å²) in [4.78, 5) is 11.0. The second-order valence-corrected chi connectivity index (χ2v) is 4.34. The van der Waals surface area contributed by atoms with Gasteiger partial charge in [0.1, 0.15) is 5.60 Å². The van der Waals surface area contributed by atoms with Crippen LogP contribution >= 0.6 is 0 Å². The Bertz CT molecular complexity index is 257. The number of nitrogens with one attached hydrogen (secondary N) is 1. The van der Waals surface area contributed by atoms with Gasteiger partial charge in [-0.3, -0.25) is 0 Å². The average Bonchev–Trinajstić information content (AvgIpc) is 1.97. The first kappa shape index (κ1) is 13.9. The van der Waals surface area contributed by atoms with Crippen LogP contribution in [-0.4, -0.2) is 24.2 Å². The normalized spacial score (nSPS) is 12.1. The third-order valence-corrected chi connectivity index (χ3v) is 1.48. The Labute approximate surface area is 88.5 Å². The molecule has 0 aromatic heterocycles. The molecule has 88 valence electrons. The molecular weight excluding hydrogens is 204 g/mol. The highest BCUT2D eigenvalue weighted by Gasteiger charge is 2.31. The van der Waals surface area contributed by atoms with Crippen molar-refractivity contribution in [2.45, 2.75) is 39.2 Å². The predicted molar refractivity (Wildman–Crippen MR) is 54.0 cm³/mol. The van der Waals surface area contributed by atoms with Crippen molar-refractivity contribution in [3.05, 3.63) is 12.2 Å². The first-order valence-electron chi connectivity index (χ1n) is 4.55. The third kappa shape index (κ3) is 6.04. The number of hydrogen-bond donors (Lipinski definition) is 1. The van der Waals surface area contributed by atoms with E-state index in [2.05, 4.69) is 6.58 Å². The van der Waals surface area contributed by atoms with Gasteiger partial charge in [0.15, 0.2) is 0 Å². The molecule has 3 nitrogen and oxygen atoms in total. The lowest BCUT2D eigenvalue weighted by Gasteiger charge is -2.21. The molecule has 0 aromatic rings. The SMILES string of the molecule is C=C(C)C(F)(F)CNC(=O)OC(C)(C)C. The van der Waals surface area contributed by atoms with Gasteiger partial charge in [0.05, 0.1) is 6.54 Å². The summed E-state index contributed by atoms with van der Waals surface area (Å²) in [5, 5.41) is 1.99. The van der Waals surface area contributed by atoms with E-state index in [-0.39, 0.29) is 5.57 Å². The summed E-state index contributed by atoms with van der Waals surface area (Å²) in [6.07, 6.45) is -0.858. The number of hydrogen-bond acceptors (Lipinski definition) is 2. The summed E-state index contributed by atoms with van der Waals surface area (Å²) in [5.74, 6) is -3.10. The zero-order valence-electron chi connectivity index (χ0n) is 9.49. The molecule has 0 heterocycles. The summed E-state index contributed by atoms with van der Waals surface area (Å²) >= 11 is 0. The Morgan fingerprint density at radius 1 is 1.40 bits per heavy atom. The van der Waals surface area contributed by atoms with Gasteiger partial charge in [-0.2, -0.15) is 8.78 Å². The van der Waals surface area contributed by atoms with Gasteiger partial charge in [-0.15, -0.1) is 0 Å². The van der Waals surface area contributed by atoms with Gasteiger partial charge in [-0.05, 0) is 33.3 Å². The summed E-state index contributed by atoms with van der Waals surface area (Å²) < 4.78 is 30.7. The van der Waals surface area contributed by atoms with E-state index in [1.54, 1.807) is 20.8 Å². The minimum atomic E-state index is -3.10. The zero-order valence-corrected chi connectivity index (χ0v) is 9.49. The molecule has 0 aliphatic rings. The van der Waals surface area contributed by atoms with Crippen molar-refractivity contribution in [1.82, 2.24) is 5.32 Å². The topological polar surface area (TPSA) is 38.3 Å². The Kier molecular flexibility index (Phi) is 4.25. The molecule has 5 heteroatoms. The van der Waals surface area contributed by atoms with Crippen LogP contribution in [0.15, 0.2) is 12.2 Å². The van der Waals surface area contributed by atoms with Crippen LogP contribution in [0.3, 0.4) is 0 Å². The predicted octanol–water partition coefficient (Wildman–Crippen LogP) is 2.72. The second kappa shape index (κ2) is 4.59. The number of amides is 1. The Morgan fingerprint density at radius 2 is 1.87 bits per heavy atom. The maximum Gasteiger partial charge on any atom is 0.407 e.